The van der Waals surface area contributed by atoms with Crippen molar-refractivity contribution in [2.24, 2.45) is 0 Å². The molecule has 0 fully saturated rings. The largest absolute Gasteiger partial charge is 0.497 e. The highest BCUT2D eigenvalue weighted by Crippen LogP contribution is 2.10. The summed E-state index contributed by atoms with van der Waals surface area (Å²) in [5.74, 6) is 6.68. The smallest absolute Gasteiger partial charge is 0.315 e. The minimum absolute atomic E-state index is 0.238. The van der Waals surface area contributed by atoms with E-state index < -0.39 is 0 Å². The highest BCUT2D eigenvalue weighted by molar-refractivity contribution is 5.74. The molecule has 0 aliphatic heterocycles. The van der Waals surface area contributed by atoms with E-state index in [1.54, 1.807) is 7.11 Å². The Morgan fingerprint density at radius 3 is 2.45 bits per heavy atom. The first-order valence-corrected chi connectivity index (χ1v) is 6.96. The third kappa shape index (κ3) is 5.22. The molecule has 2 aromatic rings. The molecule has 0 aliphatic rings. The van der Waals surface area contributed by atoms with E-state index in [1.807, 2.05) is 54.6 Å². The van der Waals surface area contributed by atoms with Crippen LogP contribution in [0.25, 0.3) is 0 Å². The normalized spacial score (nSPS) is 9.32. The zero-order valence-electron chi connectivity index (χ0n) is 12.4. The molecule has 0 bridgehead atoms. The summed E-state index contributed by atoms with van der Waals surface area (Å²) in [6, 6.07) is 17.0. The molecule has 0 heterocycles. The van der Waals surface area contributed by atoms with E-state index in [2.05, 4.69) is 22.5 Å². The maximum Gasteiger partial charge on any atom is 0.315 e. The number of carbonyl (C=O) groups is 1. The number of hydrogen-bond acceptors (Lipinski definition) is 2. The van der Waals surface area contributed by atoms with Gasteiger partial charge in [-0.2, -0.15) is 0 Å². The summed E-state index contributed by atoms with van der Waals surface area (Å²) in [5.41, 5.74) is 1.94. The van der Waals surface area contributed by atoms with Crippen molar-refractivity contribution in [2.45, 2.75) is 6.54 Å². The van der Waals surface area contributed by atoms with Crippen molar-refractivity contribution in [3.05, 3.63) is 65.7 Å². The summed E-state index contributed by atoms with van der Waals surface area (Å²) >= 11 is 0. The lowest BCUT2D eigenvalue weighted by Crippen LogP contribution is -2.35. The third-order valence-electron chi connectivity index (χ3n) is 2.96. The van der Waals surface area contributed by atoms with E-state index in [9.17, 15) is 4.79 Å². The van der Waals surface area contributed by atoms with Crippen LogP contribution in [0.3, 0.4) is 0 Å². The van der Waals surface area contributed by atoms with Gasteiger partial charge in [0.25, 0.3) is 0 Å². The summed E-state index contributed by atoms with van der Waals surface area (Å²) in [5, 5.41) is 5.47. The lowest BCUT2D eigenvalue weighted by Gasteiger charge is -2.06. The van der Waals surface area contributed by atoms with Crippen LogP contribution in [0.1, 0.15) is 11.1 Å². The summed E-state index contributed by atoms with van der Waals surface area (Å²) in [6.45, 7) is 0.769. The second-order valence-corrected chi connectivity index (χ2v) is 4.55. The topological polar surface area (TPSA) is 50.4 Å². The van der Waals surface area contributed by atoms with Crippen LogP contribution in [0, 0.1) is 11.8 Å². The van der Waals surface area contributed by atoms with Gasteiger partial charge in [-0.1, -0.05) is 42.2 Å². The second-order valence-electron chi connectivity index (χ2n) is 4.55. The van der Waals surface area contributed by atoms with E-state index in [1.165, 1.54) is 0 Å². The Hall–Kier alpha value is -2.93. The predicted octanol–water partition coefficient (Wildman–Crippen LogP) is 2.55. The van der Waals surface area contributed by atoms with E-state index in [-0.39, 0.29) is 6.03 Å². The van der Waals surface area contributed by atoms with Gasteiger partial charge in [0.15, 0.2) is 0 Å². The maximum atomic E-state index is 11.6. The second kappa shape index (κ2) is 8.38. The number of methoxy groups -OCH3 is 1. The number of carbonyl (C=O) groups excluding carboxylic acids is 1. The SMILES string of the molecule is COc1ccc(CNC(=O)NCC#Cc2ccccc2)cc1. The molecule has 0 spiro atoms. The number of nitrogens with one attached hydrogen (secondary N) is 2. The van der Waals surface area contributed by atoms with Gasteiger partial charge in [-0.15, -0.1) is 0 Å². The average Bonchev–Trinajstić information content (AvgIpc) is 2.58. The van der Waals surface area contributed by atoms with Gasteiger partial charge in [0.1, 0.15) is 5.75 Å². The lowest BCUT2D eigenvalue weighted by molar-refractivity contribution is 0.241. The zero-order chi connectivity index (χ0) is 15.6. The number of hydrogen-bond donors (Lipinski definition) is 2. The van der Waals surface area contributed by atoms with Crippen LogP contribution in [-0.2, 0) is 6.54 Å². The van der Waals surface area contributed by atoms with Crippen LogP contribution in [0.2, 0.25) is 0 Å². The fraction of sp³-hybridized carbons (Fsp3) is 0.167. The van der Waals surface area contributed by atoms with Gasteiger partial charge in [-0.3, -0.25) is 0 Å². The van der Waals surface area contributed by atoms with Gasteiger partial charge in [-0.25, -0.2) is 4.79 Å². The van der Waals surface area contributed by atoms with Crippen molar-refractivity contribution >= 4 is 6.03 Å². The van der Waals surface area contributed by atoms with Crippen LogP contribution in [0.5, 0.6) is 5.75 Å². The lowest BCUT2D eigenvalue weighted by atomic mass is 10.2. The first-order valence-electron chi connectivity index (χ1n) is 6.96. The molecular formula is C18H18N2O2. The minimum Gasteiger partial charge on any atom is -0.497 e. The Morgan fingerprint density at radius 1 is 1.05 bits per heavy atom. The zero-order valence-corrected chi connectivity index (χ0v) is 12.4. The Bertz CT molecular complexity index is 655. The number of benzene rings is 2. The fourth-order valence-corrected chi connectivity index (χ4v) is 1.78. The molecular weight excluding hydrogens is 276 g/mol. The molecule has 0 radical (unpaired) electrons. The number of rotatable bonds is 4. The first-order chi connectivity index (χ1) is 10.8. The van der Waals surface area contributed by atoms with Gasteiger partial charge in [0.05, 0.1) is 13.7 Å². The Kier molecular flexibility index (Phi) is 5.89. The molecule has 22 heavy (non-hydrogen) atoms. The molecule has 2 N–H and O–H groups in total. The Morgan fingerprint density at radius 2 is 1.77 bits per heavy atom. The summed E-state index contributed by atoms with van der Waals surface area (Å²) in [4.78, 5) is 11.6. The summed E-state index contributed by atoms with van der Waals surface area (Å²) in [7, 11) is 1.62. The molecule has 0 aliphatic carbocycles. The van der Waals surface area contributed by atoms with Gasteiger partial charge >= 0.3 is 6.03 Å². The molecule has 0 aromatic heterocycles. The summed E-state index contributed by atoms with van der Waals surface area (Å²) in [6.07, 6.45) is 0. The molecule has 0 saturated heterocycles. The van der Waals surface area contributed by atoms with Crippen LogP contribution in [-0.4, -0.2) is 19.7 Å². The van der Waals surface area contributed by atoms with Gasteiger partial charge in [0, 0.05) is 12.1 Å². The molecule has 4 nitrogen and oxygen atoms in total. The number of ether oxygens (including phenoxy) is 1. The fourth-order valence-electron chi connectivity index (χ4n) is 1.78. The molecule has 2 rings (SSSR count). The number of urea groups is 1. The highest BCUT2D eigenvalue weighted by Gasteiger charge is 1.99. The van der Waals surface area contributed by atoms with E-state index >= 15 is 0 Å². The van der Waals surface area contributed by atoms with E-state index in [0.29, 0.717) is 13.1 Å². The van der Waals surface area contributed by atoms with E-state index in [4.69, 9.17) is 4.74 Å². The predicted molar refractivity (Wildman–Crippen MR) is 86.6 cm³/mol. The minimum atomic E-state index is -0.238. The highest BCUT2D eigenvalue weighted by atomic mass is 16.5. The quantitative estimate of drug-likeness (QED) is 0.851. The molecule has 2 amide bonds. The molecule has 0 saturated carbocycles. The molecule has 0 unspecified atom stereocenters. The Labute approximate surface area is 130 Å². The Balaban J connectivity index is 1.71. The third-order valence-corrected chi connectivity index (χ3v) is 2.96. The molecule has 4 heteroatoms. The summed E-state index contributed by atoms with van der Waals surface area (Å²) < 4.78 is 5.08. The van der Waals surface area contributed by atoms with Crippen molar-refractivity contribution < 1.29 is 9.53 Å². The van der Waals surface area contributed by atoms with Crippen molar-refractivity contribution in [3.8, 4) is 17.6 Å². The van der Waals surface area contributed by atoms with Crippen molar-refractivity contribution in [1.82, 2.24) is 10.6 Å². The maximum absolute atomic E-state index is 11.6. The van der Waals surface area contributed by atoms with Crippen LogP contribution >= 0.6 is 0 Å². The first kappa shape index (κ1) is 15.5. The molecule has 112 valence electrons. The van der Waals surface area contributed by atoms with E-state index in [0.717, 1.165) is 16.9 Å². The van der Waals surface area contributed by atoms with Crippen LogP contribution in [0.4, 0.5) is 4.79 Å². The molecule has 2 aromatic carbocycles. The van der Waals surface area contributed by atoms with Crippen LogP contribution < -0.4 is 15.4 Å². The monoisotopic (exact) mass is 294 g/mol. The van der Waals surface area contributed by atoms with Crippen molar-refractivity contribution in [2.75, 3.05) is 13.7 Å². The van der Waals surface area contributed by atoms with Gasteiger partial charge in [-0.05, 0) is 29.8 Å². The van der Waals surface area contributed by atoms with Gasteiger partial charge < -0.3 is 15.4 Å². The average molecular weight is 294 g/mol. The molecule has 0 atom stereocenters. The van der Waals surface area contributed by atoms with Gasteiger partial charge in [0.2, 0.25) is 0 Å². The van der Waals surface area contributed by atoms with Crippen LogP contribution in [0.15, 0.2) is 54.6 Å². The number of amides is 2. The van der Waals surface area contributed by atoms with Crippen molar-refractivity contribution in [3.63, 3.8) is 0 Å². The van der Waals surface area contributed by atoms with Crippen molar-refractivity contribution in [1.29, 1.82) is 0 Å². The standard InChI is InChI=1S/C18H18N2O2/c1-22-17-11-9-16(10-12-17)14-20-18(21)19-13-5-8-15-6-3-2-4-7-15/h2-4,6-7,9-12H,13-14H2,1H3,(H2,19,20,21).